The van der Waals surface area contributed by atoms with Gasteiger partial charge in [-0.2, -0.15) is 0 Å². The Morgan fingerprint density at radius 2 is 0.757 bits per heavy atom. The zero-order valence-electron chi connectivity index (χ0n) is 38.2. The van der Waals surface area contributed by atoms with Crippen LogP contribution in [0.5, 0.6) is 0 Å². The van der Waals surface area contributed by atoms with Crippen molar-refractivity contribution in [3.8, 4) is 39.1 Å². The van der Waals surface area contributed by atoms with Crippen molar-refractivity contribution >= 4 is 60.8 Å². The summed E-state index contributed by atoms with van der Waals surface area (Å²) in [6, 6.07) is 97.1. The van der Waals surface area contributed by atoms with Crippen LogP contribution in [0, 0.1) is 0 Å². The summed E-state index contributed by atoms with van der Waals surface area (Å²) in [7, 11) is 0. The summed E-state index contributed by atoms with van der Waals surface area (Å²) in [6.07, 6.45) is 0. The second-order valence-electron chi connectivity index (χ2n) is 18.4. The standard InChI is InChI=1S/C67H44N2O/c1-2-15-48(16-3-1)67(61-24-9-4-17-55(61)56-18-5-10-25-62(56)67)49-35-43-52(44-36-49)68(51-41-33-47(34-42-51)54-22-14-23-60-59-21-8-13-28-65(59)70-66(54)60)50-37-29-45(30-38-50)46-31-39-53(40-32-46)69-63-26-11-6-19-57(63)58-20-7-12-27-64(58)69/h1-44H. The fourth-order valence-corrected chi connectivity index (χ4v) is 11.6. The molecule has 2 heterocycles. The number of rotatable bonds is 8. The maximum atomic E-state index is 6.49. The molecule has 0 N–H and O–H groups in total. The molecule has 14 rings (SSSR count). The van der Waals surface area contributed by atoms with Gasteiger partial charge in [0, 0.05) is 49.9 Å². The molecule has 0 bridgehead atoms. The van der Waals surface area contributed by atoms with Crippen LogP contribution in [-0.4, -0.2) is 4.57 Å². The van der Waals surface area contributed by atoms with E-state index in [1.54, 1.807) is 0 Å². The SMILES string of the molecule is c1ccc(C2(c3ccc(N(c4ccc(-c5ccc(-n6c7ccccc7c7ccccc76)cc5)cc4)c4ccc(-c5cccc6c5oc5ccccc56)cc4)cc3)c3ccccc3-c3ccccc32)cc1. The molecule has 0 saturated heterocycles. The van der Waals surface area contributed by atoms with Crippen LogP contribution in [0.2, 0.25) is 0 Å². The molecule has 3 heteroatoms. The number of nitrogens with zero attached hydrogens (tertiary/aromatic N) is 2. The van der Waals surface area contributed by atoms with Gasteiger partial charge in [0.25, 0.3) is 0 Å². The van der Waals surface area contributed by atoms with Gasteiger partial charge in [-0.15, -0.1) is 0 Å². The first-order chi connectivity index (χ1) is 34.7. The summed E-state index contributed by atoms with van der Waals surface area (Å²) < 4.78 is 8.86. The topological polar surface area (TPSA) is 21.3 Å². The first kappa shape index (κ1) is 39.9. The molecule has 0 spiro atoms. The number of para-hydroxylation sites is 4. The molecule has 0 unspecified atom stereocenters. The Morgan fingerprint density at radius 3 is 1.37 bits per heavy atom. The normalized spacial score (nSPS) is 12.7. The van der Waals surface area contributed by atoms with E-state index >= 15 is 0 Å². The molecule has 70 heavy (non-hydrogen) atoms. The van der Waals surface area contributed by atoms with Gasteiger partial charge in [0.2, 0.25) is 0 Å². The third-order valence-electron chi connectivity index (χ3n) is 14.7. The van der Waals surface area contributed by atoms with E-state index in [0.29, 0.717) is 0 Å². The lowest BCUT2D eigenvalue weighted by molar-refractivity contribution is 0.670. The summed E-state index contributed by atoms with van der Waals surface area (Å²) in [4.78, 5) is 2.37. The van der Waals surface area contributed by atoms with E-state index in [9.17, 15) is 0 Å². The Morgan fingerprint density at radius 1 is 0.314 bits per heavy atom. The van der Waals surface area contributed by atoms with Crippen molar-refractivity contribution in [1.29, 1.82) is 0 Å². The van der Waals surface area contributed by atoms with E-state index in [2.05, 4.69) is 264 Å². The van der Waals surface area contributed by atoms with Crippen LogP contribution >= 0.6 is 0 Å². The van der Waals surface area contributed by atoms with Gasteiger partial charge in [0.1, 0.15) is 11.2 Å². The first-order valence-electron chi connectivity index (χ1n) is 24.1. The summed E-state index contributed by atoms with van der Waals surface area (Å²) in [5, 5.41) is 4.79. The lowest BCUT2D eigenvalue weighted by Gasteiger charge is -2.34. The molecule has 3 nitrogen and oxygen atoms in total. The van der Waals surface area contributed by atoms with E-state index in [-0.39, 0.29) is 0 Å². The van der Waals surface area contributed by atoms with Gasteiger partial charge in [0.15, 0.2) is 0 Å². The Hall–Kier alpha value is -9.18. The molecule has 0 amide bonds. The predicted molar refractivity (Wildman–Crippen MR) is 291 cm³/mol. The van der Waals surface area contributed by atoms with Crippen molar-refractivity contribution < 1.29 is 4.42 Å². The minimum Gasteiger partial charge on any atom is -0.455 e. The van der Waals surface area contributed by atoms with E-state index in [0.717, 1.165) is 61.4 Å². The second kappa shape index (κ2) is 16.0. The monoisotopic (exact) mass is 892 g/mol. The average molecular weight is 893 g/mol. The van der Waals surface area contributed by atoms with Crippen LogP contribution in [0.15, 0.2) is 271 Å². The van der Waals surface area contributed by atoms with Crippen molar-refractivity contribution in [2.75, 3.05) is 4.90 Å². The number of fused-ring (bicyclic) bond motifs is 9. The van der Waals surface area contributed by atoms with Crippen molar-refractivity contribution in [2.45, 2.75) is 5.41 Å². The maximum Gasteiger partial charge on any atom is 0.143 e. The predicted octanol–water partition coefficient (Wildman–Crippen LogP) is 17.8. The zero-order valence-corrected chi connectivity index (χ0v) is 38.2. The van der Waals surface area contributed by atoms with Crippen LogP contribution < -0.4 is 4.90 Å². The van der Waals surface area contributed by atoms with Gasteiger partial charge in [-0.05, 0) is 117 Å². The van der Waals surface area contributed by atoms with Crippen molar-refractivity contribution in [1.82, 2.24) is 4.57 Å². The summed E-state index contributed by atoms with van der Waals surface area (Å²) in [6.45, 7) is 0. The fraction of sp³-hybridized carbons (Fsp3) is 0.0149. The van der Waals surface area contributed by atoms with E-state index < -0.39 is 5.41 Å². The molecule has 0 radical (unpaired) electrons. The van der Waals surface area contributed by atoms with Crippen molar-refractivity contribution in [3.05, 3.63) is 289 Å². The zero-order chi connectivity index (χ0) is 46.2. The summed E-state index contributed by atoms with van der Waals surface area (Å²) in [5.41, 5.74) is 20.3. The van der Waals surface area contributed by atoms with Crippen LogP contribution in [0.1, 0.15) is 22.3 Å². The number of hydrogen-bond donors (Lipinski definition) is 0. The highest BCUT2D eigenvalue weighted by atomic mass is 16.3. The highest BCUT2D eigenvalue weighted by molar-refractivity contribution is 6.10. The van der Waals surface area contributed by atoms with Crippen molar-refractivity contribution in [2.24, 2.45) is 0 Å². The van der Waals surface area contributed by atoms with Gasteiger partial charge in [-0.1, -0.05) is 200 Å². The van der Waals surface area contributed by atoms with Crippen LogP contribution in [-0.2, 0) is 5.41 Å². The van der Waals surface area contributed by atoms with Gasteiger partial charge in [-0.3, -0.25) is 0 Å². The largest absolute Gasteiger partial charge is 0.455 e. The lowest BCUT2D eigenvalue weighted by Crippen LogP contribution is -2.28. The molecular formula is C67H44N2O. The molecule has 13 aromatic rings. The number of hydrogen-bond acceptors (Lipinski definition) is 2. The molecule has 1 aliphatic rings. The van der Waals surface area contributed by atoms with E-state index in [1.807, 2.05) is 12.1 Å². The maximum absolute atomic E-state index is 6.49. The molecule has 328 valence electrons. The smallest absolute Gasteiger partial charge is 0.143 e. The number of furan rings is 1. The molecule has 0 fully saturated rings. The molecule has 11 aromatic carbocycles. The second-order valence-corrected chi connectivity index (χ2v) is 18.4. The molecule has 0 atom stereocenters. The Balaban J connectivity index is 0.868. The van der Waals surface area contributed by atoms with Gasteiger partial charge < -0.3 is 13.9 Å². The number of aromatic nitrogens is 1. The third-order valence-corrected chi connectivity index (χ3v) is 14.7. The highest BCUT2D eigenvalue weighted by Gasteiger charge is 2.45. The van der Waals surface area contributed by atoms with Crippen LogP contribution in [0.3, 0.4) is 0 Å². The first-order valence-corrected chi connectivity index (χ1v) is 24.1. The number of anilines is 3. The molecule has 0 aliphatic heterocycles. The Bertz CT molecular complexity index is 3990. The fourth-order valence-electron chi connectivity index (χ4n) is 11.6. The summed E-state index contributed by atoms with van der Waals surface area (Å²) >= 11 is 0. The summed E-state index contributed by atoms with van der Waals surface area (Å²) in [5.74, 6) is 0. The van der Waals surface area contributed by atoms with E-state index in [4.69, 9.17) is 4.42 Å². The Kier molecular flexibility index (Phi) is 9.11. The minimum absolute atomic E-state index is 0.476. The van der Waals surface area contributed by atoms with Crippen molar-refractivity contribution in [3.63, 3.8) is 0 Å². The quantitative estimate of drug-likeness (QED) is 0.152. The molecular weight excluding hydrogens is 849 g/mol. The Labute approximate surface area is 406 Å². The van der Waals surface area contributed by atoms with Gasteiger partial charge in [0.05, 0.1) is 16.4 Å². The van der Waals surface area contributed by atoms with Gasteiger partial charge in [-0.25, -0.2) is 0 Å². The number of benzene rings is 11. The third kappa shape index (κ3) is 6.08. The van der Waals surface area contributed by atoms with Crippen LogP contribution in [0.4, 0.5) is 17.1 Å². The van der Waals surface area contributed by atoms with E-state index in [1.165, 1.54) is 60.8 Å². The molecule has 2 aromatic heterocycles. The molecule has 0 saturated carbocycles. The lowest BCUT2D eigenvalue weighted by atomic mass is 9.68. The minimum atomic E-state index is -0.476. The average Bonchev–Trinajstić information content (AvgIpc) is 4.09. The van der Waals surface area contributed by atoms with Gasteiger partial charge >= 0.3 is 0 Å². The highest BCUT2D eigenvalue weighted by Crippen LogP contribution is 2.56. The molecule has 1 aliphatic carbocycles. The van der Waals surface area contributed by atoms with Crippen LogP contribution in [0.25, 0.3) is 82.8 Å².